The molecule has 0 aliphatic carbocycles. The molecule has 0 spiro atoms. The number of hydrogen-bond donors (Lipinski definition) is 1. The number of halogens is 1. The average molecular weight is 292 g/mol. The maximum Gasteiger partial charge on any atom is 0.117 e. The highest BCUT2D eigenvalue weighted by Gasteiger charge is 2.19. The second-order valence-electron chi connectivity index (χ2n) is 5.05. The van der Waals surface area contributed by atoms with Crippen molar-refractivity contribution in [1.29, 1.82) is 0 Å². The molecule has 20 heavy (non-hydrogen) atoms. The van der Waals surface area contributed by atoms with Gasteiger partial charge in [-0.3, -0.25) is 4.90 Å². The molecule has 106 valence electrons. The third-order valence-electron chi connectivity index (χ3n) is 3.64. The molecule has 4 nitrogen and oxygen atoms in total. The zero-order valence-electron chi connectivity index (χ0n) is 11.3. The van der Waals surface area contributed by atoms with Gasteiger partial charge < -0.3 is 15.1 Å². The first-order chi connectivity index (χ1) is 9.72. The van der Waals surface area contributed by atoms with Gasteiger partial charge in [0.1, 0.15) is 5.76 Å². The number of nitrogens with zero attached hydrogens (tertiary/aromatic N) is 2. The summed E-state index contributed by atoms with van der Waals surface area (Å²) in [5.74, 6) is 1.02. The Morgan fingerprint density at radius 1 is 1.15 bits per heavy atom. The van der Waals surface area contributed by atoms with E-state index in [1.165, 1.54) is 0 Å². The van der Waals surface area contributed by atoms with Gasteiger partial charge in [0.25, 0.3) is 0 Å². The summed E-state index contributed by atoms with van der Waals surface area (Å²) in [5, 5.41) is 0.726. The van der Waals surface area contributed by atoms with Crippen molar-refractivity contribution in [1.82, 2.24) is 4.90 Å². The van der Waals surface area contributed by atoms with Crippen LogP contribution in [0.1, 0.15) is 5.76 Å². The fourth-order valence-electron chi connectivity index (χ4n) is 2.55. The van der Waals surface area contributed by atoms with Crippen molar-refractivity contribution in [3.05, 3.63) is 47.4 Å². The summed E-state index contributed by atoms with van der Waals surface area (Å²) in [6.45, 7) is 4.80. The Labute approximate surface area is 123 Å². The minimum absolute atomic E-state index is 0.704. The number of furan rings is 1. The van der Waals surface area contributed by atoms with Crippen LogP contribution >= 0.6 is 11.6 Å². The molecule has 1 aromatic carbocycles. The highest BCUT2D eigenvalue weighted by atomic mass is 35.5. The number of benzene rings is 1. The van der Waals surface area contributed by atoms with Gasteiger partial charge >= 0.3 is 0 Å². The Kier molecular flexibility index (Phi) is 3.85. The van der Waals surface area contributed by atoms with E-state index in [0.29, 0.717) is 5.69 Å². The van der Waals surface area contributed by atoms with Gasteiger partial charge in [-0.2, -0.15) is 0 Å². The fraction of sp³-hybridized carbons (Fsp3) is 0.333. The lowest BCUT2D eigenvalue weighted by molar-refractivity contribution is 0.230. The molecule has 1 aliphatic heterocycles. The van der Waals surface area contributed by atoms with Crippen molar-refractivity contribution < 1.29 is 4.42 Å². The predicted molar refractivity (Wildman–Crippen MR) is 82.1 cm³/mol. The molecule has 0 bridgehead atoms. The van der Waals surface area contributed by atoms with E-state index in [1.807, 2.05) is 30.3 Å². The number of rotatable bonds is 3. The second kappa shape index (κ2) is 5.77. The van der Waals surface area contributed by atoms with Crippen LogP contribution in [0.5, 0.6) is 0 Å². The van der Waals surface area contributed by atoms with Gasteiger partial charge in [-0.15, -0.1) is 0 Å². The molecule has 1 aromatic heterocycles. The molecule has 2 N–H and O–H groups in total. The molecule has 0 atom stereocenters. The summed E-state index contributed by atoms with van der Waals surface area (Å²) in [4.78, 5) is 4.70. The van der Waals surface area contributed by atoms with Gasteiger partial charge in [-0.25, -0.2) is 0 Å². The number of nitrogen functional groups attached to an aromatic ring is 1. The molecular formula is C15H18ClN3O. The summed E-state index contributed by atoms with van der Waals surface area (Å²) in [6.07, 6.45) is 1.72. The monoisotopic (exact) mass is 291 g/mol. The fourth-order valence-corrected chi connectivity index (χ4v) is 2.86. The Balaban J connectivity index is 1.60. The predicted octanol–water partition coefficient (Wildman–Crippen LogP) is 2.84. The molecule has 2 heterocycles. The smallest absolute Gasteiger partial charge is 0.117 e. The molecule has 0 amide bonds. The Bertz CT molecular complexity index is 563. The SMILES string of the molecule is Nc1ccc(N2CCN(Cc3ccco3)CC2)c(Cl)c1. The largest absolute Gasteiger partial charge is 0.468 e. The van der Waals surface area contributed by atoms with E-state index in [-0.39, 0.29) is 0 Å². The zero-order valence-corrected chi connectivity index (χ0v) is 12.0. The minimum Gasteiger partial charge on any atom is -0.468 e. The van der Waals surface area contributed by atoms with E-state index < -0.39 is 0 Å². The van der Waals surface area contributed by atoms with Crippen LogP contribution in [0.25, 0.3) is 0 Å². The average Bonchev–Trinajstić information content (AvgIpc) is 2.93. The summed E-state index contributed by atoms with van der Waals surface area (Å²) < 4.78 is 5.39. The van der Waals surface area contributed by atoms with Gasteiger partial charge in [0.15, 0.2) is 0 Å². The molecule has 0 unspecified atom stereocenters. The van der Waals surface area contributed by atoms with Crippen LogP contribution in [0.4, 0.5) is 11.4 Å². The number of nitrogens with two attached hydrogens (primary N) is 1. The Morgan fingerprint density at radius 3 is 2.60 bits per heavy atom. The first-order valence-corrected chi connectivity index (χ1v) is 7.15. The quantitative estimate of drug-likeness (QED) is 0.883. The molecule has 1 saturated heterocycles. The van der Waals surface area contributed by atoms with Crippen LogP contribution in [0, 0.1) is 0 Å². The molecule has 1 fully saturated rings. The normalized spacial score (nSPS) is 16.6. The first kappa shape index (κ1) is 13.3. The third kappa shape index (κ3) is 2.92. The van der Waals surface area contributed by atoms with Crippen LogP contribution < -0.4 is 10.6 Å². The molecule has 5 heteroatoms. The molecular weight excluding hydrogens is 274 g/mol. The van der Waals surface area contributed by atoms with Crippen LogP contribution in [-0.2, 0) is 6.54 Å². The van der Waals surface area contributed by atoms with Crippen molar-refractivity contribution in [3.8, 4) is 0 Å². The minimum atomic E-state index is 0.704. The van der Waals surface area contributed by atoms with E-state index in [0.717, 1.165) is 49.2 Å². The van der Waals surface area contributed by atoms with E-state index in [9.17, 15) is 0 Å². The maximum atomic E-state index is 6.26. The van der Waals surface area contributed by atoms with E-state index in [4.69, 9.17) is 21.8 Å². The topological polar surface area (TPSA) is 45.6 Å². The van der Waals surface area contributed by atoms with Crippen LogP contribution in [0.2, 0.25) is 5.02 Å². The highest BCUT2D eigenvalue weighted by molar-refractivity contribution is 6.33. The summed E-state index contributed by atoms with van der Waals surface area (Å²) >= 11 is 6.26. The van der Waals surface area contributed by atoms with Gasteiger partial charge in [0, 0.05) is 31.9 Å². The van der Waals surface area contributed by atoms with Crippen LogP contribution in [-0.4, -0.2) is 31.1 Å². The molecule has 3 rings (SSSR count). The van der Waals surface area contributed by atoms with Crippen molar-refractivity contribution in [2.24, 2.45) is 0 Å². The Morgan fingerprint density at radius 2 is 1.95 bits per heavy atom. The van der Waals surface area contributed by atoms with E-state index >= 15 is 0 Å². The molecule has 0 radical (unpaired) electrons. The van der Waals surface area contributed by atoms with E-state index in [1.54, 1.807) is 6.26 Å². The molecule has 1 aliphatic rings. The number of piperazine rings is 1. The van der Waals surface area contributed by atoms with Gasteiger partial charge in [0.2, 0.25) is 0 Å². The number of hydrogen-bond acceptors (Lipinski definition) is 4. The van der Waals surface area contributed by atoms with Gasteiger partial charge in [-0.1, -0.05) is 11.6 Å². The summed E-state index contributed by atoms with van der Waals surface area (Å²) in [6, 6.07) is 9.66. The maximum absolute atomic E-state index is 6.26. The van der Waals surface area contributed by atoms with Gasteiger partial charge in [0.05, 0.1) is 23.5 Å². The standard InChI is InChI=1S/C15H18ClN3O/c16-14-10-12(17)3-4-15(14)19-7-5-18(6-8-19)11-13-2-1-9-20-13/h1-4,9-10H,5-8,11,17H2. The van der Waals surface area contributed by atoms with Crippen LogP contribution in [0.15, 0.2) is 41.0 Å². The number of anilines is 2. The summed E-state index contributed by atoms with van der Waals surface area (Å²) in [5.41, 5.74) is 7.51. The lowest BCUT2D eigenvalue weighted by Crippen LogP contribution is -2.46. The highest BCUT2D eigenvalue weighted by Crippen LogP contribution is 2.28. The van der Waals surface area contributed by atoms with Crippen molar-refractivity contribution in [3.63, 3.8) is 0 Å². The third-order valence-corrected chi connectivity index (χ3v) is 3.95. The van der Waals surface area contributed by atoms with Crippen LogP contribution in [0.3, 0.4) is 0 Å². The zero-order chi connectivity index (χ0) is 13.9. The van der Waals surface area contributed by atoms with Crippen molar-refractivity contribution in [2.75, 3.05) is 36.8 Å². The molecule has 0 saturated carbocycles. The second-order valence-corrected chi connectivity index (χ2v) is 5.46. The lowest BCUT2D eigenvalue weighted by Gasteiger charge is -2.36. The summed E-state index contributed by atoms with van der Waals surface area (Å²) in [7, 11) is 0. The van der Waals surface area contributed by atoms with Crippen molar-refractivity contribution >= 4 is 23.0 Å². The lowest BCUT2D eigenvalue weighted by atomic mass is 10.2. The van der Waals surface area contributed by atoms with Gasteiger partial charge in [-0.05, 0) is 30.3 Å². The Hall–Kier alpha value is -1.65. The van der Waals surface area contributed by atoms with Crippen molar-refractivity contribution in [2.45, 2.75) is 6.54 Å². The molecule has 2 aromatic rings. The van der Waals surface area contributed by atoms with E-state index in [2.05, 4.69) is 9.80 Å². The first-order valence-electron chi connectivity index (χ1n) is 6.77.